The van der Waals surface area contributed by atoms with Crippen LogP contribution in [-0.2, 0) is 4.74 Å². The van der Waals surface area contributed by atoms with Gasteiger partial charge >= 0.3 is 6.01 Å². The van der Waals surface area contributed by atoms with E-state index in [1.54, 1.807) is 0 Å². The van der Waals surface area contributed by atoms with Gasteiger partial charge in [0.2, 0.25) is 0 Å². The summed E-state index contributed by atoms with van der Waals surface area (Å²) in [5, 5.41) is 0. The zero-order valence-electron chi connectivity index (χ0n) is 12.8. The van der Waals surface area contributed by atoms with E-state index in [9.17, 15) is 0 Å². The number of H-pyrrole nitrogens is 1. The van der Waals surface area contributed by atoms with Crippen molar-refractivity contribution in [3.05, 3.63) is 12.1 Å². The summed E-state index contributed by atoms with van der Waals surface area (Å²) in [6, 6.07) is 4.87. The minimum atomic E-state index is 0.742. The number of aromatic amines is 1. The smallest absolute Gasteiger partial charge is 0.397 e. The fourth-order valence-electron chi connectivity index (χ4n) is 3.33. The molecule has 118 valence electrons. The number of nitrogens with zero attached hydrogens (tertiary/aromatic N) is 2. The van der Waals surface area contributed by atoms with E-state index in [2.05, 4.69) is 20.9 Å². The molecule has 6 nitrogen and oxygen atoms in total. The Balaban J connectivity index is 1.67. The van der Waals surface area contributed by atoms with Crippen molar-refractivity contribution >= 4 is 28.5 Å². The van der Waals surface area contributed by atoms with Crippen molar-refractivity contribution in [1.82, 2.24) is 0 Å². The summed E-state index contributed by atoms with van der Waals surface area (Å²) >= 11 is 0. The first-order chi connectivity index (χ1) is 10.8. The van der Waals surface area contributed by atoms with Crippen LogP contribution in [-0.4, -0.2) is 39.4 Å². The van der Waals surface area contributed by atoms with Gasteiger partial charge in [-0.25, -0.2) is 9.88 Å². The van der Waals surface area contributed by atoms with Crippen molar-refractivity contribution in [1.29, 1.82) is 0 Å². The molecule has 0 amide bonds. The standard InChI is InChI=1S/C16H22N4O2/c17-12-10-15-13(11-14(12)19-4-2-1-3-5-19)18-16(22-15)20-6-8-21-9-7-20/h10-11H,1-9,17H2/p+1. The van der Waals surface area contributed by atoms with E-state index in [-0.39, 0.29) is 0 Å². The lowest BCUT2D eigenvalue weighted by Gasteiger charge is -2.29. The average molecular weight is 303 g/mol. The van der Waals surface area contributed by atoms with Crippen LogP contribution in [0, 0.1) is 0 Å². The Bertz CT molecular complexity index is 657. The molecule has 0 radical (unpaired) electrons. The number of nitrogens with one attached hydrogen (secondary N) is 1. The lowest BCUT2D eigenvalue weighted by Crippen LogP contribution is -2.38. The molecule has 0 saturated carbocycles. The number of piperidine rings is 1. The maximum atomic E-state index is 6.26. The quantitative estimate of drug-likeness (QED) is 0.855. The number of rotatable bonds is 2. The molecule has 3 N–H and O–H groups in total. The van der Waals surface area contributed by atoms with Gasteiger partial charge in [-0.1, -0.05) is 0 Å². The second kappa shape index (κ2) is 5.68. The number of oxazole rings is 1. The maximum absolute atomic E-state index is 6.26. The monoisotopic (exact) mass is 303 g/mol. The normalized spacial score (nSPS) is 19.8. The van der Waals surface area contributed by atoms with E-state index in [0.717, 1.165) is 67.9 Å². The van der Waals surface area contributed by atoms with Crippen LogP contribution >= 0.6 is 0 Å². The number of nitrogen functional groups attached to an aromatic ring is 1. The molecule has 1 aromatic carbocycles. The first-order valence-corrected chi connectivity index (χ1v) is 8.14. The third-order valence-electron chi connectivity index (χ3n) is 4.57. The molecule has 2 aliphatic rings. The van der Waals surface area contributed by atoms with Crippen LogP contribution in [0.4, 0.5) is 17.4 Å². The van der Waals surface area contributed by atoms with Crippen LogP contribution in [0.25, 0.3) is 11.1 Å². The Labute approximate surface area is 129 Å². The number of aromatic nitrogens is 1. The van der Waals surface area contributed by atoms with Gasteiger partial charge in [0.25, 0.3) is 0 Å². The van der Waals surface area contributed by atoms with Crippen LogP contribution in [0.3, 0.4) is 0 Å². The highest BCUT2D eigenvalue weighted by Gasteiger charge is 2.25. The molecule has 0 unspecified atom stereocenters. The molecule has 0 bridgehead atoms. The number of benzene rings is 1. The van der Waals surface area contributed by atoms with E-state index < -0.39 is 0 Å². The fraction of sp³-hybridized carbons (Fsp3) is 0.562. The molecule has 0 atom stereocenters. The van der Waals surface area contributed by atoms with Gasteiger partial charge in [-0.05, 0) is 19.3 Å². The molecule has 4 rings (SSSR count). The third kappa shape index (κ3) is 2.47. The van der Waals surface area contributed by atoms with Gasteiger partial charge < -0.3 is 19.8 Å². The van der Waals surface area contributed by atoms with E-state index in [4.69, 9.17) is 14.9 Å². The highest BCUT2D eigenvalue weighted by atomic mass is 16.5. The molecule has 2 fully saturated rings. The lowest BCUT2D eigenvalue weighted by molar-refractivity contribution is -0.338. The summed E-state index contributed by atoms with van der Waals surface area (Å²) in [6.07, 6.45) is 3.80. The van der Waals surface area contributed by atoms with Crippen LogP contribution in [0.1, 0.15) is 19.3 Å². The zero-order valence-corrected chi connectivity index (χ0v) is 12.8. The average Bonchev–Trinajstić information content (AvgIpc) is 2.98. The van der Waals surface area contributed by atoms with Crippen LogP contribution < -0.4 is 20.5 Å². The van der Waals surface area contributed by atoms with Gasteiger partial charge in [-0.3, -0.25) is 0 Å². The van der Waals surface area contributed by atoms with Crippen molar-refractivity contribution in [3.8, 4) is 0 Å². The van der Waals surface area contributed by atoms with Crippen LogP contribution in [0.5, 0.6) is 0 Å². The van der Waals surface area contributed by atoms with Gasteiger partial charge in [0.15, 0.2) is 11.1 Å². The van der Waals surface area contributed by atoms with E-state index >= 15 is 0 Å². The summed E-state index contributed by atoms with van der Waals surface area (Å²) in [7, 11) is 0. The first-order valence-electron chi connectivity index (χ1n) is 8.14. The predicted octanol–water partition coefficient (Wildman–Crippen LogP) is 1.66. The Morgan fingerprint density at radius 1 is 0.955 bits per heavy atom. The number of hydrogen-bond donors (Lipinski definition) is 1. The zero-order chi connectivity index (χ0) is 14.9. The minimum Gasteiger partial charge on any atom is -0.397 e. The van der Waals surface area contributed by atoms with Gasteiger partial charge in [0.05, 0.1) is 24.6 Å². The molecule has 2 saturated heterocycles. The van der Waals surface area contributed by atoms with E-state index in [1.165, 1.54) is 19.3 Å². The molecule has 1 aromatic heterocycles. The van der Waals surface area contributed by atoms with Crippen molar-refractivity contribution in [3.63, 3.8) is 0 Å². The van der Waals surface area contributed by atoms with Crippen molar-refractivity contribution in [2.75, 3.05) is 54.9 Å². The summed E-state index contributed by atoms with van der Waals surface area (Å²) in [4.78, 5) is 7.96. The maximum Gasteiger partial charge on any atom is 0.455 e. The number of nitrogens with two attached hydrogens (primary N) is 1. The summed E-state index contributed by atoms with van der Waals surface area (Å²) in [6.45, 7) is 5.36. The Kier molecular flexibility index (Phi) is 3.54. The fourth-order valence-corrected chi connectivity index (χ4v) is 3.33. The number of fused-ring (bicyclic) bond motifs is 1. The summed E-state index contributed by atoms with van der Waals surface area (Å²) in [5.74, 6) is 0. The van der Waals surface area contributed by atoms with Gasteiger partial charge in [0.1, 0.15) is 13.1 Å². The molecular formula is C16H23N4O2+. The first kappa shape index (κ1) is 13.7. The van der Waals surface area contributed by atoms with Crippen molar-refractivity contribution in [2.45, 2.75) is 19.3 Å². The van der Waals surface area contributed by atoms with Gasteiger partial charge in [-0.15, -0.1) is 0 Å². The molecule has 22 heavy (non-hydrogen) atoms. The summed E-state index contributed by atoms with van der Waals surface area (Å²) in [5.41, 5.74) is 10.0. The van der Waals surface area contributed by atoms with Crippen LogP contribution in [0.15, 0.2) is 16.5 Å². The molecule has 3 heterocycles. The number of ether oxygens (including phenoxy) is 1. The Morgan fingerprint density at radius 2 is 1.73 bits per heavy atom. The van der Waals surface area contributed by atoms with E-state index in [0.29, 0.717) is 0 Å². The largest absolute Gasteiger partial charge is 0.455 e. The van der Waals surface area contributed by atoms with Gasteiger partial charge in [0, 0.05) is 25.2 Å². The topological polar surface area (TPSA) is 69.0 Å². The van der Waals surface area contributed by atoms with Crippen molar-refractivity contribution in [2.24, 2.45) is 0 Å². The number of anilines is 3. The Morgan fingerprint density at radius 3 is 2.50 bits per heavy atom. The summed E-state index contributed by atoms with van der Waals surface area (Å²) < 4.78 is 11.3. The second-order valence-electron chi connectivity index (χ2n) is 6.09. The second-order valence-corrected chi connectivity index (χ2v) is 6.09. The number of morpholine rings is 1. The highest BCUT2D eigenvalue weighted by molar-refractivity contribution is 5.84. The molecule has 6 heteroatoms. The van der Waals surface area contributed by atoms with Crippen LogP contribution in [0.2, 0.25) is 0 Å². The molecule has 0 spiro atoms. The van der Waals surface area contributed by atoms with E-state index in [1.807, 2.05) is 6.07 Å². The van der Waals surface area contributed by atoms with Gasteiger partial charge in [-0.2, -0.15) is 0 Å². The molecule has 0 aliphatic carbocycles. The highest BCUT2D eigenvalue weighted by Crippen LogP contribution is 2.31. The number of hydrogen-bond acceptors (Lipinski definition) is 5. The van der Waals surface area contributed by atoms with Crippen molar-refractivity contribution < 1.29 is 14.1 Å². The molecule has 2 aliphatic heterocycles. The molecular weight excluding hydrogens is 280 g/mol. The SMILES string of the molecule is Nc1cc2oc(N3CCOCC3)[nH+]c2cc1N1CCCCC1. The predicted molar refractivity (Wildman–Crippen MR) is 86.3 cm³/mol. The third-order valence-corrected chi connectivity index (χ3v) is 4.57. The lowest BCUT2D eigenvalue weighted by atomic mass is 10.1. The Hall–Kier alpha value is -1.95. The minimum absolute atomic E-state index is 0.742. The molecule has 2 aromatic rings.